The second-order valence-electron chi connectivity index (χ2n) is 5.88. The summed E-state index contributed by atoms with van der Waals surface area (Å²) < 4.78 is 5.05. The van der Waals surface area contributed by atoms with Crippen molar-refractivity contribution in [1.29, 1.82) is 0 Å². The highest BCUT2D eigenvalue weighted by Gasteiger charge is 2.78. The summed E-state index contributed by atoms with van der Waals surface area (Å²) in [5.74, 6) is -4.80. The van der Waals surface area contributed by atoms with Gasteiger partial charge in [-0.25, -0.2) is 0 Å². The number of carbonyl (C=O) groups is 4. The Hall–Kier alpha value is -1.17. The first-order valence-electron chi connectivity index (χ1n) is 6.92. The number of thiol groups is 1. The second-order valence-corrected chi connectivity index (χ2v) is 6.35. The minimum Gasteiger partial charge on any atom is -0.382 e. The van der Waals surface area contributed by atoms with Gasteiger partial charge in [-0.05, 0) is 27.7 Å². The number of aliphatic hydroxyl groups excluding tert-OH is 1. The van der Waals surface area contributed by atoms with Crippen molar-refractivity contribution in [3.05, 3.63) is 0 Å². The monoisotopic (exact) mass is 364 g/mol. The fourth-order valence-electron chi connectivity index (χ4n) is 2.95. The Kier molecular flexibility index (Phi) is 5.46. The molecule has 0 spiro atoms. The van der Waals surface area contributed by atoms with E-state index >= 15 is 0 Å². The summed E-state index contributed by atoms with van der Waals surface area (Å²) in [6, 6.07) is 0. The van der Waals surface area contributed by atoms with Gasteiger partial charge in [-0.3, -0.25) is 19.2 Å². The van der Waals surface area contributed by atoms with Gasteiger partial charge in [0.25, 0.3) is 0 Å². The zero-order valence-corrected chi connectivity index (χ0v) is 14.4. The largest absolute Gasteiger partial charge is 0.382 e. The van der Waals surface area contributed by atoms with E-state index in [4.69, 9.17) is 4.74 Å². The van der Waals surface area contributed by atoms with Crippen LogP contribution in [-0.2, 0) is 23.9 Å². The quantitative estimate of drug-likeness (QED) is 0.334. The second kappa shape index (κ2) is 6.28. The van der Waals surface area contributed by atoms with E-state index in [-0.39, 0.29) is 0 Å². The van der Waals surface area contributed by atoms with Crippen LogP contribution in [0.25, 0.3) is 0 Å². The molecule has 0 aromatic carbocycles. The van der Waals surface area contributed by atoms with E-state index in [9.17, 15) is 39.6 Å². The van der Waals surface area contributed by atoms with Crippen LogP contribution in [0.5, 0.6) is 0 Å². The highest BCUT2D eigenvalue weighted by molar-refractivity contribution is 7.80. The normalized spacial score (nSPS) is 40.7. The van der Waals surface area contributed by atoms with Gasteiger partial charge < -0.3 is 25.2 Å². The molecule has 1 rings (SSSR count). The Morgan fingerprint density at radius 1 is 0.917 bits per heavy atom. The summed E-state index contributed by atoms with van der Waals surface area (Å²) in [6.45, 7) is 3.19. The Balaban J connectivity index is 3.86. The van der Waals surface area contributed by atoms with E-state index in [1.54, 1.807) is 0 Å². The van der Waals surface area contributed by atoms with Gasteiger partial charge in [-0.1, -0.05) is 0 Å². The van der Waals surface area contributed by atoms with Crippen molar-refractivity contribution in [3.63, 3.8) is 0 Å². The SMILES string of the molecule is CC(=O)C(O)[C@H]1O[C@@H](S)[C@@](O)(C(C)=O)[C@](O)(C(C)=O)[C@]1(O)C(C)=O. The fourth-order valence-corrected chi connectivity index (χ4v) is 3.45. The van der Waals surface area contributed by atoms with Crippen LogP contribution in [0.3, 0.4) is 0 Å². The molecule has 6 atom stereocenters. The first-order chi connectivity index (χ1) is 10.7. The van der Waals surface area contributed by atoms with E-state index in [1.807, 2.05) is 0 Å². The summed E-state index contributed by atoms with van der Waals surface area (Å²) in [5, 5.41) is 42.3. The number of ketones is 4. The predicted molar refractivity (Wildman–Crippen MR) is 81.2 cm³/mol. The van der Waals surface area contributed by atoms with Crippen molar-refractivity contribution in [1.82, 2.24) is 0 Å². The van der Waals surface area contributed by atoms with Gasteiger partial charge in [-0.15, -0.1) is 12.6 Å². The lowest BCUT2D eigenvalue weighted by atomic mass is 9.60. The maximum Gasteiger partial charge on any atom is 0.200 e. The van der Waals surface area contributed by atoms with Crippen LogP contribution >= 0.6 is 12.6 Å². The molecule has 9 nitrogen and oxygen atoms in total. The summed E-state index contributed by atoms with van der Waals surface area (Å²) in [5.41, 5.74) is -11.7. The highest BCUT2D eigenvalue weighted by Crippen LogP contribution is 2.48. The molecule has 1 fully saturated rings. The summed E-state index contributed by atoms with van der Waals surface area (Å²) >= 11 is 3.81. The average Bonchev–Trinajstić information content (AvgIpc) is 2.46. The van der Waals surface area contributed by atoms with Gasteiger partial charge in [0, 0.05) is 0 Å². The van der Waals surface area contributed by atoms with E-state index in [0.29, 0.717) is 0 Å². The molecule has 24 heavy (non-hydrogen) atoms. The molecular weight excluding hydrogens is 344 g/mol. The number of carbonyl (C=O) groups excluding carboxylic acids is 4. The molecule has 1 saturated heterocycles. The van der Waals surface area contributed by atoms with Gasteiger partial charge in [0.1, 0.15) is 17.6 Å². The maximum absolute atomic E-state index is 12.1. The molecular formula is C14H20O9S. The van der Waals surface area contributed by atoms with Crippen LogP contribution in [0.15, 0.2) is 0 Å². The molecule has 0 aromatic heterocycles. The smallest absolute Gasteiger partial charge is 0.200 e. The Labute approximate surface area is 143 Å². The van der Waals surface area contributed by atoms with Gasteiger partial charge >= 0.3 is 0 Å². The third-order valence-corrected chi connectivity index (χ3v) is 4.93. The fraction of sp³-hybridized carbons (Fsp3) is 0.714. The lowest BCUT2D eigenvalue weighted by Crippen LogP contribution is -2.86. The van der Waals surface area contributed by atoms with Crippen molar-refractivity contribution in [2.45, 2.75) is 62.1 Å². The molecule has 1 aliphatic heterocycles. The first-order valence-corrected chi connectivity index (χ1v) is 7.44. The first kappa shape index (κ1) is 20.9. The molecule has 136 valence electrons. The summed E-state index contributed by atoms with van der Waals surface area (Å²) in [7, 11) is 0. The molecule has 0 radical (unpaired) electrons. The third kappa shape index (κ3) is 2.37. The lowest BCUT2D eigenvalue weighted by Gasteiger charge is -2.57. The molecule has 0 saturated carbocycles. The van der Waals surface area contributed by atoms with E-state index in [2.05, 4.69) is 12.6 Å². The molecule has 0 aromatic rings. The van der Waals surface area contributed by atoms with Crippen LogP contribution in [0, 0.1) is 0 Å². The number of ether oxygens (including phenoxy) is 1. The topological polar surface area (TPSA) is 158 Å². The molecule has 10 heteroatoms. The number of hydrogen-bond acceptors (Lipinski definition) is 10. The summed E-state index contributed by atoms with van der Waals surface area (Å²) in [6.07, 6.45) is -4.26. The Bertz CT molecular complexity index is 605. The number of Topliss-reactive ketones (excluding diaryl/α,β-unsaturated/α-hetero) is 4. The van der Waals surface area contributed by atoms with Crippen molar-refractivity contribution >= 4 is 35.8 Å². The highest BCUT2D eigenvalue weighted by atomic mass is 32.1. The molecule has 1 unspecified atom stereocenters. The lowest BCUT2D eigenvalue weighted by molar-refractivity contribution is -0.311. The van der Waals surface area contributed by atoms with E-state index in [1.165, 1.54) is 0 Å². The minimum atomic E-state index is -3.40. The van der Waals surface area contributed by atoms with Crippen molar-refractivity contribution in [3.8, 4) is 0 Å². The standard InChI is InChI=1S/C14H20O9S/c1-5(15)9(19)10-12(20,6(2)16)14(22,8(4)18)13(21,7(3)17)11(24)23-10/h9-11,19-22,24H,1-4H3/t9?,10-,11+,12+,13+,14+/m1/s1. The zero-order valence-electron chi connectivity index (χ0n) is 13.5. The maximum atomic E-state index is 12.1. The minimum absolute atomic E-state index is 0.727. The number of aliphatic hydroxyl groups is 4. The van der Waals surface area contributed by atoms with Gasteiger partial charge in [-0.2, -0.15) is 0 Å². The molecule has 0 bridgehead atoms. The average molecular weight is 364 g/mol. The Morgan fingerprint density at radius 2 is 1.33 bits per heavy atom. The van der Waals surface area contributed by atoms with Crippen molar-refractivity contribution in [2.75, 3.05) is 0 Å². The van der Waals surface area contributed by atoms with Crippen molar-refractivity contribution in [2.24, 2.45) is 0 Å². The Morgan fingerprint density at radius 3 is 1.62 bits per heavy atom. The van der Waals surface area contributed by atoms with Crippen LogP contribution < -0.4 is 0 Å². The van der Waals surface area contributed by atoms with Crippen molar-refractivity contribution < 1.29 is 44.3 Å². The number of rotatable bonds is 5. The molecule has 1 aliphatic rings. The van der Waals surface area contributed by atoms with Crippen LogP contribution in [0.4, 0.5) is 0 Å². The molecule has 0 aliphatic carbocycles. The predicted octanol–water partition coefficient (Wildman–Crippen LogP) is -2.45. The summed E-state index contributed by atoms with van der Waals surface area (Å²) in [4.78, 5) is 47.6. The van der Waals surface area contributed by atoms with Crippen LogP contribution in [0.2, 0.25) is 0 Å². The number of hydrogen-bond donors (Lipinski definition) is 5. The van der Waals surface area contributed by atoms with Gasteiger partial charge in [0.2, 0.25) is 5.60 Å². The third-order valence-electron chi connectivity index (χ3n) is 4.43. The van der Waals surface area contributed by atoms with Crippen LogP contribution in [-0.4, -0.2) is 78.0 Å². The van der Waals surface area contributed by atoms with Gasteiger partial charge in [0.15, 0.2) is 34.3 Å². The van der Waals surface area contributed by atoms with E-state index in [0.717, 1.165) is 27.7 Å². The van der Waals surface area contributed by atoms with E-state index < -0.39 is 57.6 Å². The zero-order chi connectivity index (χ0) is 19.2. The van der Waals surface area contributed by atoms with Gasteiger partial charge in [0.05, 0.1) is 0 Å². The van der Waals surface area contributed by atoms with Crippen LogP contribution in [0.1, 0.15) is 27.7 Å². The molecule has 1 heterocycles. The molecule has 0 amide bonds. The molecule has 4 N–H and O–H groups in total.